The molecule has 1 fully saturated rings. The van der Waals surface area contributed by atoms with Crippen LogP contribution in [-0.2, 0) is 11.3 Å². The van der Waals surface area contributed by atoms with Crippen molar-refractivity contribution in [2.75, 3.05) is 12.3 Å². The molecule has 14 heteroatoms. The largest absolute Gasteiger partial charge is 0.477 e. The van der Waals surface area contributed by atoms with Gasteiger partial charge in [0.1, 0.15) is 17.1 Å². The van der Waals surface area contributed by atoms with E-state index in [0.29, 0.717) is 5.56 Å². The van der Waals surface area contributed by atoms with Crippen molar-refractivity contribution >= 4 is 34.4 Å². The zero-order valence-electron chi connectivity index (χ0n) is 15.1. The van der Waals surface area contributed by atoms with E-state index < -0.39 is 48.4 Å². The number of alkyl halides is 1. The van der Waals surface area contributed by atoms with Gasteiger partial charge in [-0.05, 0) is 17.0 Å². The molecule has 4 rings (SSSR count). The molecule has 1 saturated heterocycles. The molecule has 6 N–H and O–H groups in total. The number of anilines is 1. The third-order valence-electron chi connectivity index (χ3n) is 4.76. The molecule has 0 amide bonds. The van der Waals surface area contributed by atoms with E-state index in [4.69, 9.17) is 15.6 Å². The number of aliphatic hydroxyl groups is 2. The second-order valence-corrected chi connectivity index (χ2v) is 7.58. The van der Waals surface area contributed by atoms with Crippen LogP contribution in [-0.4, -0.2) is 65.4 Å². The van der Waals surface area contributed by atoms with Gasteiger partial charge in [0.15, 0.2) is 23.6 Å². The Morgan fingerprint density at radius 1 is 1.43 bits per heavy atom. The number of carbonyl (C=O) groups is 1. The average molecular weight is 441 g/mol. The number of nitrogen functional groups attached to an aromatic ring is 1. The summed E-state index contributed by atoms with van der Waals surface area (Å²) >= 11 is 0.946. The lowest BCUT2D eigenvalue weighted by Crippen LogP contribution is -2.34. The summed E-state index contributed by atoms with van der Waals surface area (Å²) < 4.78 is 21.3. The molecule has 0 aromatic carbocycles. The molecular formula is C16H16FN5O7S. The summed E-state index contributed by atoms with van der Waals surface area (Å²) in [5, 5.41) is 30.0. The Bertz CT molecular complexity index is 1250. The summed E-state index contributed by atoms with van der Waals surface area (Å²) in [6.45, 7) is -0.919. The van der Waals surface area contributed by atoms with Gasteiger partial charge in [-0.2, -0.15) is 4.98 Å². The minimum absolute atomic E-state index is 0.0404. The summed E-state index contributed by atoms with van der Waals surface area (Å²) in [6.07, 6.45) is -6.70. The number of halogens is 1. The molecule has 0 spiro atoms. The monoisotopic (exact) mass is 441 g/mol. The van der Waals surface area contributed by atoms with Gasteiger partial charge in [-0.3, -0.25) is 14.3 Å². The summed E-state index contributed by atoms with van der Waals surface area (Å²) in [5.74, 6) is -1.45. The van der Waals surface area contributed by atoms with Gasteiger partial charge in [-0.1, -0.05) is 0 Å². The lowest BCUT2D eigenvalue weighted by Gasteiger charge is -2.15. The van der Waals surface area contributed by atoms with E-state index in [1.54, 1.807) is 0 Å². The first kappa shape index (κ1) is 20.2. The van der Waals surface area contributed by atoms with Crippen molar-refractivity contribution in [3.63, 3.8) is 0 Å². The quantitative estimate of drug-likeness (QED) is 0.326. The fraction of sp³-hybridized carbons (Fsp3) is 0.375. The Morgan fingerprint density at radius 2 is 2.17 bits per heavy atom. The number of aromatic nitrogens is 4. The number of H-pyrrole nitrogens is 1. The summed E-state index contributed by atoms with van der Waals surface area (Å²) in [4.78, 5) is 43.0. The second kappa shape index (κ2) is 7.32. The molecule has 1 aliphatic heterocycles. The third kappa shape index (κ3) is 3.09. The van der Waals surface area contributed by atoms with Crippen molar-refractivity contribution < 1.29 is 29.2 Å². The molecule has 0 radical (unpaired) electrons. The van der Waals surface area contributed by atoms with Crippen LogP contribution in [0.3, 0.4) is 0 Å². The molecule has 30 heavy (non-hydrogen) atoms. The third-order valence-corrected chi connectivity index (χ3v) is 5.72. The summed E-state index contributed by atoms with van der Waals surface area (Å²) in [6, 6.07) is 1.35. The fourth-order valence-electron chi connectivity index (χ4n) is 3.40. The highest BCUT2D eigenvalue weighted by atomic mass is 32.1. The first-order valence-corrected chi connectivity index (χ1v) is 9.50. The molecule has 12 nitrogen and oxygen atoms in total. The van der Waals surface area contributed by atoms with E-state index in [1.807, 2.05) is 0 Å². The highest BCUT2D eigenvalue weighted by molar-refractivity contribution is 7.12. The number of aromatic amines is 1. The maximum absolute atomic E-state index is 14.2. The van der Waals surface area contributed by atoms with Crippen molar-refractivity contribution in [3.05, 3.63) is 42.7 Å². The molecule has 160 valence electrons. The highest BCUT2D eigenvalue weighted by Crippen LogP contribution is 2.32. The molecule has 4 heterocycles. The Hall–Kier alpha value is -3.07. The van der Waals surface area contributed by atoms with Gasteiger partial charge >= 0.3 is 11.7 Å². The smallest absolute Gasteiger partial charge is 0.345 e. The Kier molecular flexibility index (Phi) is 4.93. The molecule has 3 aromatic heterocycles. The number of nitrogens with zero attached hydrogens (tertiary/aromatic N) is 3. The van der Waals surface area contributed by atoms with Gasteiger partial charge < -0.3 is 25.8 Å². The predicted molar refractivity (Wildman–Crippen MR) is 101 cm³/mol. The number of hydrogen-bond donors (Lipinski definition) is 5. The molecule has 3 aromatic rings. The van der Waals surface area contributed by atoms with Gasteiger partial charge in [-0.25, -0.2) is 18.5 Å². The second-order valence-electron chi connectivity index (χ2n) is 6.67. The average Bonchev–Trinajstić information content (AvgIpc) is 3.34. The first-order chi connectivity index (χ1) is 14.2. The normalized spacial score (nSPS) is 24.0. The zero-order chi connectivity index (χ0) is 21.7. The molecule has 0 saturated carbocycles. The highest BCUT2D eigenvalue weighted by Gasteiger charge is 2.46. The van der Waals surface area contributed by atoms with E-state index in [0.717, 1.165) is 20.5 Å². The molecular weight excluding hydrogens is 425 g/mol. The number of rotatable bonds is 5. The first-order valence-electron chi connectivity index (χ1n) is 8.62. The number of aliphatic hydroxyl groups excluding tert-OH is 2. The van der Waals surface area contributed by atoms with Crippen molar-refractivity contribution in [1.82, 2.24) is 19.1 Å². The van der Waals surface area contributed by atoms with Crippen LogP contribution < -0.4 is 17.0 Å². The van der Waals surface area contributed by atoms with Gasteiger partial charge in [0.2, 0.25) is 5.95 Å². The van der Waals surface area contributed by atoms with Crippen molar-refractivity contribution in [2.45, 2.75) is 31.2 Å². The van der Waals surface area contributed by atoms with Gasteiger partial charge in [0.05, 0.1) is 13.2 Å². The molecule has 0 aliphatic carbocycles. The van der Waals surface area contributed by atoms with E-state index in [1.165, 1.54) is 11.4 Å². The summed E-state index contributed by atoms with van der Waals surface area (Å²) in [5.41, 5.74) is 3.94. The van der Waals surface area contributed by atoms with Crippen LogP contribution in [0.2, 0.25) is 0 Å². The number of nitrogens with one attached hydrogen (secondary N) is 1. The number of ether oxygens (including phenoxy) is 1. The van der Waals surface area contributed by atoms with Crippen LogP contribution in [0.5, 0.6) is 0 Å². The maximum Gasteiger partial charge on any atom is 0.345 e. The van der Waals surface area contributed by atoms with Gasteiger partial charge in [-0.15, -0.1) is 11.3 Å². The molecule has 0 bridgehead atoms. The minimum atomic E-state index is -1.97. The van der Waals surface area contributed by atoms with Crippen LogP contribution >= 0.6 is 11.3 Å². The zero-order valence-corrected chi connectivity index (χ0v) is 15.9. The van der Waals surface area contributed by atoms with Crippen LogP contribution in [0.15, 0.2) is 21.0 Å². The summed E-state index contributed by atoms with van der Waals surface area (Å²) in [7, 11) is 0. The number of thiophene rings is 1. The van der Waals surface area contributed by atoms with Crippen LogP contribution in [0.25, 0.3) is 11.2 Å². The fourth-order valence-corrected chi connectivity index (χ4v) is 4.14. The van der Waals surface area contributed by atoms with Crippen LogP contribution in [0, 0.1) is 0 Å². The lowest BCUT2D eigenvalue weighted by atomic mass is 10.1. The molecule has 1 aliphatic rings. The molecule has 0 unspecified atom stereocenters. The lowest BCUT2D eigenvalue weighted by molar-refractivity contribution is -0.0513. The van der Waals surface area contributed by atoms with E-state index in [2.05, 4.69) is 9.97 Å². The Labute approximate surface area is 169 Å². The van der Waals surface area contributed by atoms with Crippen molar-refractivity contribution in [1.29, 1.82) is 0 Å². The van der Waals surface area contributed by atoms with Crippen molar-refractivity contribution in [3.8, 4) is 0 Å². The topological polar surface area (TPSA) is 186 Å². The molecule has 4 atom stereocenters. The van der Waals surface area contributed by atoms with Crippen LogP contribution in [0.4, 0.5) is 10.3 Å². The Morgan fingerprint density at radius 3 is 2.77 bits per heavy atom. The number of carboxylic acids is 1. The minimum Gasteiger partial charge on any atom is -0.477 e. The maximum atomic E-state index is 14.2. The number of hydrogen-bond acceptors (Lipinski definition) is 9. The predicted octanol–water partition coefficient (Wildman–Crippen LogP) is -1.13. The number of nitrogens with two attached hydrogens (primary N) is 1. The SMILES string of the molecule is Nc1nc2c(c(=O)[nH]1)n(Cc1csc(C(=O)O)c1)c(=O)n2[C@@H]1O[C@H](CO)[C@@H](F)[C@H]1O. The number of carboxylic acid groups (broad SMARTS) is 1. The van der Waals surface area contributed by atoms with Gasteiger partial charge in [0.25, 0.3) is 5.56 Å². The Balaban J connectivity index is 1.89. The van der Waals surface area contributed by atoms with Gasteiger partial charge in [0, 0.05) is 0 Å². The standard InChI is InChI=1S/C16H16FN5O7S/c17-8-6(3-23)29-13(10(8)24)22-11-9(12(25)20-15(18)19-11)21(16(22)28)2-5-1-7(14(26)27)30-4-5/h1,4,6,8,10,13,23-24H,2-3H2,(H,26,27)(H3,18,19,20,25)/t6-,8-,10-,13-/m1/s1. The van der Waals surface area contributed by atoms with E-state index in [-0.39, 0.29) is 28.5 Å². The number of fused-ring (bicyclic) bond motifs is 1. The van der Waals surface area contributed by atoms with E-state index >= 15 is 0 Å². The van der Waals surface area contributed by atoms with Crippen LogP contribution in [0.1, 0.15) is 21.5 Å². The number of imidazole rings is 1. The van der Waals surface area contributed by atoms with E-state index in [9.17, 15) is 29.0 Å². The number of aromatic carboxylic acids is 1. The van der Waals surface area contributed by atoms with Crippen molar-refractivity contribution in [2.24, 2.45) is 0 Å².